The van der Waals surface area contributed by atoms with Gasteiger partial charge in [0.05, 0.1) is 10.6 Å². The lowest BCUT2D eigenvalue weighted by Crippen LogP contribution is -2.32. The number of amides is 1. The molecule has 0 bridgehead atoms. The summed E-state index contributed by atoms with van der Waals surface area (Å²) in [6, 6.07) is 18.6. The van der Waals surface area contributed by atoms with Crippen molar-refractivity contribution in [2.45, 2.75) is 20.0 Å². The molecule has 32 heavy (non-hydrogen) atoms. The molecule has 0 saturated heterocycles. The van der Waals surface area contributed by atoms with Crippen molar-refractivity contribution in [3.05, 3.63) is 105 Å². The summed E-state index contributed by atoms with van der Waals surface area (Å²) in [4.78, 5) is 38.0. The Kier molecular flexibility index (Phi) is 7.67. The summed E-state index contributed by atoms with van der Waals surface area (Å²) in [5.74, 6) is -1.66. The molecule has 0 aliphatic rings. The summed E-state index contributed by atoms with van der Waals surface area (Å²) in [6.07, 6.45) is -1.14. The Balaban J connectivity index is 1.74. The Morgan fingerprint density at radius 1 is 0.875 bits per heavy atom. The molecule has 0 aliphatic heterocycles. The van der Waals surface area contributed by atoms with E-state index in [0.717, 1.165) is 11.1 Å². The summed E-state index contributed by atoms with van der Waals surface area (Å²) in [5, 5.41) is 3.01. The molecule has 0 fully saturated rings. The van der Waals surface area contributed by atoms with Crippen molar-refractivity contribution in [1.82, 2.24) is 5.32 Å². The third-order valence-corrected chi connectivity index (χ3v) is 5.32. The maximum atomic E-state index is 13.1. The first-order chi connectivity index (χ1) is 15.2. The second-order valence-electron chi connectivity index (χ2n) is 7.32. The molecule has 0 heterocycles. The number of nitrogens with one attached hydrogen (secondary N) is 1. The Morgan fingerprint density at radius 2 is 1.47 bits per heavy atom. The fourth-order valence-corrected chi connectivity index (χ4v) is 3.47. The molecule has 1 unspecified atom stereocenters. The number of halogens is 2. The molecule has 1 amide bonds. The zero-order chi connectivity index (χ0) is 23.3. The van der Waals surface area contributed by atoms with Crippen LogP contribution in [0.1, 0.15) is 43.5 Å². The van der Waals surface area contributed by atoms with Crippen LogP contribution in [0.5, 0.6) is 0 Å². The number of carbonyl (C=O) groups excluding carboxylic acids is 3. The van der Waals surface area contributed by atoms with E-state index in [4.69, 9.17) is 27.9 Å². The minimum atomic E-state index is -1.14. The number of ether oxygens (including phenoxy) is 1. The largest absolute Gasteiger partial charge is 0.448 e. The van der Waals surface area contributed by atoms with Crippen LogP contribution in [0.3, 0.4) is 0 Å². The van der Waals surface area contributed by atoms with Gasteiger partial charge in [-0.15, -0.1) is 0 Å². The normalized spacial score (nSPS) is 11.5. The predicted octanol–water partition coefficient (Wildman–Crippen LogP) is 5.51. The molecule has 0 aromatic heterocycles. The first kappa shape index (κ1) is 23.5. The van der Waals surface area contributed by atoms with E-state index in [1.54, 1.807) is 24.3 Å². The van der Waals surface area contributed by atoms with E-state index < -0.39 is 24.5 Å². The smallest absolute Gasteiger partial charge is 0.326 e. The van der Waals surface area contributed by atoms with Crippen molar-refractivity contribution in [3.63, 3.8) is 0 Å². The third-order valence-electron chi connectivity index (χ3n) is 4.77. The second-order valence-corrected chi connectivity index (χ2v) is 8.16. The number of benzene rings is 3. The van der Waals surface area contributed by atoms with E-state index >= 15 is 0 Å². The van der Waals surface area contributed by atoms with E-state index in [1.165, 1.54) is 18.2 Å². The molecular weight excluding hydrogens is 449 g/mol. The van der Waals surface area contributed by atoms with Crippen molar-refractivity contribution in [1.29, 1.82) is 0 Å². The molecule has 3 aromatic rings. The lowest BCUT2D eigenvalue weighted by molar-refractivity contribution is -0.146. The van der Waals surface area contributed by atoms with Gasteiger partial charge in [-0.2, -0.15) is 0 Å². The maximum Gasteiger partial charge on any atom is 0.326 e. The van der Waals surface area contributed by atoms with Gasteiger partial charge in [-0.05, 0) is 32.0 Å². The van der Waals surface area contributed by atoms with Crippen molar-refractivity contribution in [2.24, 2.45) is 0 Å². The van der Waals surface area contributed by atoms with Crippen molar-refractivity contribution < 1.29 is 19.1 Å². The predicted molar refractivity (Wildman–Crippen MR) is 124 cm³/mol. The average molecular weight is 470 g/mol. The van der Waals surface area contributed by atoms with Gasteiger partial charge < -0.3 is 10.1 Å². The molecule has 5 nitrogen and oxygen atoms in total. The molecule has 0 spiro atoms. The third kappa shape index (κ3) is 5.96. The lowest BCUT2D eigenvalue weighted by atomic mass is 9.98. The van der Waals surface area contributed by atoms with Gasteiger partial charge in [0.25, 0.3) is 5.91 Å². The van der Waals surface area contributed by atoms with Gasteiger partial charge in [-0.1, -0.05) is 82.9 Å². The van der Waals surface area contributed by atoms with Crippen LogP contribution in [0.25, 0.3) is 0 Å². The van der Waals surface area contributed by atoms with Crippen molar-refractivity contribution in [3.8, 4) is 0 Å². The SMILES string of the molecule is Cc1ccc(C(=O)C(OC(=O)CNC(=O)c2ccc(Cl)cc2Cl)c2ccc(C)cc2)cc1. The number of carbonyl (C=O) groups is 3. The van der Waals surface area contributed by atoms with Crippen LogP contribution in [0, 0.1) is 13.8 Å². The average Bonchev–Trinajstić information content (AvgIpc) is 2.76. The van der Waals surface area contributed by atoms with Gasteiger partial charge in [-0.3, -0.25) is 14.4 Å². The Bertz CT molecular complexity index is 1140. The summed E-state index contributed by atoms with van der Waals surface area (Å²) in [6.45, 7) is 3.41. The molecule has 0 aliphatic carbocycles. The molecular formula is C25H21Cl2NO4. The van der Waals surface area contributed by atoms with E-state index in [-0.39, 0.29) is 16.4 Å². The summed E-state index contributed by atoms with van der Waals surface area (Å²) < 4.78 is 5.50. The monoisotopic (exact) mass is 469 g/mol. The van der Waals surface area contributed by atoms with Crippen LogP contribution in [0.15, 0.2) is 66.7 Å². The van der Waals surface area contributed by atoms with E-state index in [1.807, 2.05) is 38.1 Å². The Hall–Kier alpha value is -3.15. The molecule has 3 rings (SSSR count). The van der Waals surface area contributed by atoms with Crippen LogP contribution < -0.4 is 5.32 Å². The fourth-order valence-electron chi connectivity index (χ4n) is 2.98. The van der Waals surface area contributed by atoms with Gasteiger partial charge in [0.2, 0.25) is 5.78 Å². The van der Waals surface area contributed by atoms with E-state index in [2.05, 4.69) is 5.32 Å². The molecule has 0 radical (unpaired) electrons. The van der Waals surface area contributed by atoms with Gasteiger partial charge in [0.15, 0.2) is 6.10 Å². The zero-order valence-corrected chi connectivity index (χ0v) is 19.0. The molecule has 1 atom stereocenters. The van der Waals surface area contributed by atoms with E-state index in [9.17, 15) is 14.4 Å². The topological polar surface area (TPSA) is 72.5 Å². The fraction of sp³-hybridized carbons (Fsp3) is 0.160. The number of hydrogen-bond donors (Lipinski definition) is 1. The van der Waals surface area contributed by atoms with Crippen LogP contribution in [0.4, 0.5) is 0 Å². The summed E-state index contributed by atoms with van der Waals surface area (Å²) >= 11 is 11.9. The molecule has 164 valence electrons. The number of aryl methyl sites for hydroxylation is 2. The van der Waals surface area contributed by atoms with Gasteiger partial charge in [0.1, 0.15) is 6.54 Å². The first-order valence-electron chi connectivity index (χ1n) is 9.85. The van der Waals surface area contributed by atoms with E-state index in [0.29, 0.717) is 16.1 Å². The number of ketones is 1. The quantitative estimate of drug-likeness (QED) is 0.365. The highest BCUT2D eigenvalue weighted by atomic mass is 35.5. The highest BCUT2D eigenvalue weighted by Crippen LogP contribution is 2.24. The van der Waals surface area contributed by atoms with Gasteiger partial charge >= 0.3 is 5.97 Å². The number of Topliss-reactive ketones (excluding diaryl/α,β-unsaturated/α-hetero) is 1. The van der Waals surface area contributed by atoms with Crippen LogP contribution in [0.2, 0.25) is 10.0 Å². The zero-order valence-electron chi connectivity index (χ0n) is 17.5. The maximum absolute atomic E-state index is 13.1. The number of hydrogen-bond acceptors (Lipinski definition) is 4. The van der Waals surface area contributed by atoms with Crippen molar-refractivity contribution in [2.75, 3.05) is 6.54 Å². The van der Waals surface area contributed by atoms with Crippen LogP contribution in [-0.4, -0.2) is 24.2 Å². The molecule has 0 saturated carbocycles. The second kappa shape index (κ2) is 10.4. The highest BCUT2D eigenvalue weighted by Gasteiger charge is 2.26. The highest BCUT2D eigenvalue weighted by molar-refractivity contribution is 6.36. The molecule has 7 heteroatoms. The molecule has 3 aromatic carbocycles. The Labute approximate surface area is 196 Å². The van der Waals surface area contributed by atoms with Gasteiger partial charge in [0, 0.05) is 16.1 Å². The van der Waals surface area contributed by atoms with Gasteiger partial charge in [-0.25, -0.2) is 0 Å². The van der Waals surface area contributed by atoms with Crippen LogP contribution >= 0.6 is 23.2 Å². The Morgan fingerprint density at radius 3 is 2.06 bits per heavy atom. The standard InChI is InChI=1S/C25H21Cl2NO4/c1-15-3-7-17(8-4-15)23(30)24(18-9-5-16(2)6-10-18)32-22(29)14-28-25(31)20-12-11-19(26)13-21(20)27/h3-13,24H,14H2,1-2H3,(H,28,31). The number of esters is 1. The van der Waals surface area contributed by atoms with Crippen LogP contribution in [-0.2, 0) is 9.53 Å². The summed E-state index contributed by atoms with van der Waals surface area (Å²) in [7, 11) is 0. The lowest BCUT2D eigenvalue weighted by Gasteiger charge is -2.18. The minimum Gasteiger partial charge on any atom is -0.448 e. The molecule has 1 N–H and O–H groups in total. The first-order valence-corrected chi connectivity index (χ1v) is 10.6. The summed E-state index contributed by atoms with van der Waals surface area (Å²) in [5.41, 5.74) is 3.16. The minimum absolute atomic E-state index is 0.162. The number of rotatable bonds is 7. The van der Waals surface area contributed by atoms with Crippen molar-refractivity contribution >= 4 is 40.9 Å².